The molecule has 0 saturated heterocycles. The number of rotatable bonds is 5. The second-order valence-electron chi connectivity index (χ2n) is 7.51. The van der Waals surface area contributed by atoms with Crippen molar-refractivity contribution in [1.82, 2.24) is 14.7 Å². The van der Waals surface area contributed by atoms with Crippen LogP contribution in [0, 0.1) is 6.92 Å². The molecule has 3 amide bonds. The van der Waals surface area contributed by atoms with E-state index in [1.54, 1.807) is 35.0 Å². The minimum atomic E-state index is -4.81. The fourth-order valence-corrected chi connectivity index (χ4v) is 3.54. The summed E-state index contributed by atoms with van der Waals surface area (Å²) in [5.41, 5.74) is 4.08. The summed E-state index contributed by atoms with van der Waals surface area (Å²) in [6, 6.07) is 11.4. The number of anilines is 2. The number of aromatic nitrogens is 2. The van der Waals surface area contributed by atoms with Crippen LogP contribution in [-0.2, 0) is 0 Å². The number of urea groups is 1. The van der Waals surface area contributed by atoms with Crippen LogP contribution in [0.3, 0.4) is 0 Å². The third kappa shape index (κ3) is 5.35. The predicted molar refractivity (Wildman–Crippen MR) is 125 cm³/mol. The first-order valence-electron chi connectivity index (χ1n) is 10.4. The van der Waals surface area contributed by atoms with Crippen LogP contribution in [0.4, 0.5) is 29.3 Å². The molecule has 11 heteroatoms. The van der Waals surface area contributed by atoms with Gasteiger partial charge in [0, 0.05) is 42.5 Å². The number of ether oxygens (including phenoxy) is 1. The number of pyridine rings is 1. The molecule has 0 fully saturated rings. The second-order valence-corrected chi connectivity index (χ2v) is 7.51. The number of amides is 3. The zero-order valence-electron chi connectivity index (χ0n) is 18.6. The van der Waals surface area contributed by atoms with Gasteiger partial charge in [0.15, 0.2) is 5.65 Å². The van der Waals surface area contributed by atoms with Crippen molar-refractivity contribution >= 4 is 29.0 Å². The Bertz CT molecular complexity index is 1400. The number of imidazole rings is 1. The van der Waals surface area contributed by atoms with Crippen LogP contribution in [0.25, 0.3) is 16.8 Å². The normalized spacial score (nSPS) is 11.2. The third-order valence-corrected chi connectivity index (χ3v) is 5.21. The van der Waals surface area contributed by atoms with Crippen molar-refractivity contribution in [2.24, 2.45) is 0 Å². The molecule has 2 aromatic carbocycles. The molecule has 0 aliphatic heterocycles. The van der Waals surface area contributed by atoms with Crippen molar-refractivity contribution in [1.29, 1.82) is 0 Å². The van der Waals surface area contributed by atoms with E-state index in [0.717, 1.165) is 28.8 Å². The zero-order chi connectivity index (χ0) is 25.2. The minimum Gasteiger partial charge on any atom is -0.406 e. The summed E-state index contributed by atoms with van der Waals surface area (Å²) in [4.78, 5) is 28.9. The number of hydrogen-bond donors (Lipinski definition) is 3. The lowest BCUT2D eigenvalue weighted by atomic mass is 10.00. The van der Waals surface area contributed by atoms with Crippen LogP contribution in [0.15, 0.2) is 67.1 Å². The molecule has 4 aromatic rings. The Balaban J connectivity index is 1.61. The first-order valence-corrected chi connectivity index (χ1v) is 10.4. The van der Waals surface area contributed by atoms with Crippen molar-refractivity contribution in [2.75, 3.05) is 17.7 Å². The van der Waals surface area contributed by atoms with E-state index in [1.165, 1.54) is 19.2 Å². The number of halogens is 3. The Labute approximate surface area is 197 Å². The maximum Gasteiger partial charge on any atom is 0.573 e. The Hall–Kier alpha value is -4.54. The maximum atomic E-state index is 12.7. The summed E-state index contributed by atoms with van der Waals surface area (Å²) in [5.74, 6) is -0.904. The highest BCUT2D eigenvalue weighted by Crippen LogP contribution is 2.32. The van der Waals surface area contributed by atoms with E-state index < -0.39 is 24.1 Å². The van der Waals surface area contributed by atoms with Gasteiger partial charge in [-0.3, -0.25) is 4.79 Å². The Morgan fingerprint density at radius 2 is 1.77 bits per heavy atom. The fourth-order valence-electron chi connectivity index (χ4n) is 3.54. The van der Waals surface area contributed by atoms with Gasteiger partial charge < -0.3 is 25.1 Å². The molecular formula is C24H20F3N5O3. The third-order valence-electron chi connectivity index (χ3n) is 5.21. The van der Waals surface area contributed by atoms with Gasteiger partial charge in [-0.05, 0) is 54.4 Å². The smallest absolute Gasteiger partial charge is 0.406 e. The monoisotopic (exact) mass is 483 g/mol. The van der Waals surface area contributed by atoms with Crippen LogP contribution in [0.5, 0.6) is 5.75 Å². The molecule has 0 saturated carbocycles. The molecule has 3 N–H and O–H groups in total. The molecule has 180 valence electrons. The minimum absolute atomic E-state index is 0.168. The van der Waals surface area contributed by atoms with E-state index in [9.17, 15) is 22.8 Å². The van der Waals surface area contributed by atoms with Crippen molar-refractivity contribution in [2.45, 2.75) is 13.3 Å². The molecule has 2 heterocycles. The van der Waals surface area contributed by atoms with Gasteiger partial charge in [-0.1, -0.05) is 12.1 Å². The molecule has 0 aliphatic rings. The SMILES string of the molecule is CNC(=O)Nc1cc(-c2cccc(NC(=O)c3ccc(OC(F)(F)F)cc3)c2C)cn2ccnc12. The van der Waals surface area contributed by atoms with E-state index in [0.29, 0.717) is 17.0 Å². The van der Waals surface area contributed by atoms with Crippen molar-refractivity contribution in [3.05, 3.63) is 78.2 Å². The molecule has 0 atom stereocenters. The molecule has 35 heavy (non-hydrogen) atoms. The average molecular weight is 483 g/mol. The number of carbonyl (C=O) groups is 2. The zero-order valence-corrected chi connectivity index (χ0v) is 18.6. The molecule has 4 rings (SSSR count). The maximum absolute atomic E-state index is 12.7. The van der Waals surface area contributed by atoms with Gasteiger partial charge >= 0.3 is 12.4 Å². The number of nitrogens with zero attached hydrogens (tertiary/aromatic N) is 2. The van der Waals surface area contributed by atoms with E-state index in [2.05, 4.69) is 25.7 Å². The molecule has 0 spiro atoms. The highest BCUT2D eigenvalue weighted by molar-refractivity contribution is 6.05. The Morgan fingerprint density at radius 1 is 1.03 bits per heavy atom. The van der Waals surface area contributed by atoms with Crippen LogP contribution in [-0.4, -0.2) is 34.7 Å². The summed E-state index contributed by atoms with van der Waals surface area (Å²) in [6.07, 6.45) is 0.408. The van der Waals surface area contributed by atoms with Crippen molar-refractivity contribution < 1.29 is 27.5 Å². The molecule has 0 unspecified atom stereocenters. The van der Waals surface area contributed by atoms with E-state index in [1.807, 2.05) is 19.2 Å². The highest BCUT2D eigenvalue weighted by Gasteiger charge is 2.31. The van der Waals surface area contributed by atoms with E-state index in [-0.39, 0.29) is 5.56 Å². The van der Waals surface area contributed by atoms with Gasteiger partial charge in [-0.25, -0.2) is 9.78 Å². The lowest BCUT2D eigenvalue weighted by Gasteiger charge is -2.15. The number of benzene rings is 2. The van der Waals surface area contributed by atoms with Gasteiger partial charge in [0.1, 0.15) is 5.75 Å². The Morgan fingerprint density at radius 3 is 2.46 bits per heavy atom. The first kappa shape index (κ1) is 23.6. The fraction of sp³-hybridized carbons (Fsp3) is 0.125. The van der Waals surface area contributed by atoms with Gasteiger partial charge in [-0.15, -0.1) is 13.2 Å². The van der Waals surface area contributed by atoms with Crippen LogP contribution < -0.4 is 20.7 Å². The Kier molecular flexibility index (Phi) is 6.32. The topological polar surface area (TPSA) is 96.8 Å². The average Bonchev–Trinajstić information content (AvgIpc) is 3.29. The predicted octanol–water partition coefficient (Wildman–Crippen LogP) is 5.21. The quantitative estimate of drug-likeness (QED) is 0.363. The summed E-state index contributed by atoms with van der Waals surface area (Å²) in [7, 11) is 1.51. The number of carbonyl (C=O) groups excluding carboxylic acids is 2. The molecule has 0 radical (unpaired) electrons. The summed E-state index contributed by atoms with van der Waals surface area (Å²) >= 11 is 0. The highest BCUT2D eigenvalue weighted by atomic mass is 19.4. The molecule has 2 aromatic heterocycles. The van der Waals surface area contributed by atoms with Gasteiger partial charge in [0.2, 0.25) is 0 Å². The van der Waals surface area contributed by atoms with Crippen LogP contribution >= 0.6 is 0 Å². The van der Waals surface area contributed by atoms with Gasteiger partial charge in [0.25, 0.3) is 5.91 Å². The standard InChI is InChI=1S/C24H20F3N5O3/c1-14-18(16-12-20(31-23(34)28-2)21-29-10-11-32(21)13-16)4-3-5-19(14)30-22(33)15-6-8-17(9-7-15)35-24(25,26)27/h3-13H,1-2H3,(H,30,33)(H2,28,31,34). The number of nitrogens with one attached hydrogen (secondary N) is 3. The lowest BCUT2D eigenvalue weighted by Crippen LogP contribution is -2.24. The summed E-state index contributed by atoms with van der Waals surface area (Å²) in [6.45, 7) is 1.83. The molecule has 8 nitrogen and oxygen atoms in total. The second kappa shape index (κ2) is 9.37. The van der Waals surface area contributed by atoms with Gasteiger partial charge in [-0.2, -0.15) is 0 Å². The van der Waals surface area contributed by atoms with Gasteiger partial charge in [0.05, 0.1) is 5.69 Å². The summed E-state index contributed by atoms with van der Waals surface area (Å²) < 4.78 is 42.7. The largest absolute Gasteiger partial charge is 0.573 e. The number of fused-ring (bicyclic) bond motifs is 1. The molecular weight excluding hydrogens is 463 g/mol. The molecule has 0 aliphatic carbocycles. The van der Waals surface area contributed by atoms with E-state index >= 15 is 0 Å². The molecule has 0 bridgehead atoms. The van der Waals surface area contributed by atoms with Crippen LogP contribution in [0.1, 0.15) is 15.9 Å². The number of alkyl halides is 3. The number of hydrogen-bond acceptors (Lipinski definition) is 4. The lowest BCUT2D eigenvalue weighted by molar-refractivity contribution is -0.274. The summed E-state index contributed by atoms with van der Waals surface area (Å²) in [5, 5.41) is 8.05. The van der Waals surface area contributed by atoms with Crippen LogP contribution in [0.2, 0.25) is 0 Å². The van der Waals surface area contributed by atoms with Crippen molar-refractivity contribution in [3.63, 3.8) is 0 Å². The van der Waals surface area contributed by atoms with E-state index in [4.69, 9.17) is 0 Å². The van der Waals surface area contributed by atoms with Crippen molar-refractivity contribution in [3.8, 4) is 16.9 Å². The first-order chi connectivity index (χ1) is 16.6.